The lowest BCUT2D eigenvalue weighted by atomic mass is 9.88. The number of hydrogen-bond acceptors (Lipinski definition) is 10. The van der Waals surface area contributed by atoms with Gasteiger partial charge in [-0.2, -0.15) is 0 Å². The first-order chi connectivity index (χ1) is 28.2. The molecule has 0 heterocycles. The Bertz CT molecular complexity index is 1260. The molecule has 0 amide bonds. The van der Waals surface area contributed by atoms with E-state index in [0.29, 0.717) is 36.7 Å². The van der Waals surface area contributed by atoms with Crippen LogP contribution in [-0.2, 0) is 37.5 Å². The molecule has 1 aliphatic carbocycles. The third-order valence-electron chi connectivity index (χ3n) is 10.5. The molecule has 12 nitrogen and oxygen atoms in total. The van der Waals surface area contributed by atoms with Crippen molar-refractivity contribution in [2.75, 3.05) is 47.5 Å². The van der Waals surface area contributed by atoms with Crippen LogP contribution in [0.5, 0.6) is 0 Å². The maximum absolute atomic E-state index is 12.7. The van der Waals surface area contributed by atoms with Crippen molar-refractivity contribution in [3.8, 4) is 0 Å². The van der Waals surface area contributed by atoms with E-state index in [4.69, 9.17) is 18.5 Å². The van der Waals surface area contributed by atoms with Gasteiger partial charge in [0.2, 0.25) is 0 Å². The summed E-state index contributed by atoms with van der Waals surface area (Å²) in [4.78, 5) is 48.2. The Hall–Kier alpha value is -2.18. The van der Waals surface area contributed by atoms with Crippen LogP contribution in [0.2, 0.25) is 0 Å². The summed E-state index contributed by atoms with van der Waals surface area (Å²) in [6.45, 7) is 4.00. The minimum Gasteiger partial charge on any atom is -0.462 e. The van der Waals surface area contributed by atoms with Crippen LogP contribution < -0.4 is 0 Å². The predicted molar refractivity (Wildman–Crippen MR) is 234 cm³/mol. The van der Waals surface area contributed by atoms with Gasteiger partial charge in [0.1, 0.15) is 25.5 Å². The number of phosphoric ester groups is 1. The zero-order valence-electron chi connectivity index (χ0n) is 37.4. The van der Waals surface area contributed by atoms with Crippen LogP contribution in [0.1, 0.15) is 162 Å². The first-order valence-corrected chi connectivity index (χ1v) is 24.3. The summed E-state index contributed by atoms with van der Waals surface area (Å²) in [6.07, 6.45) is 29.5. The quantitative estimate of drug-likeness (QED) is 0.0179. The Labute approximate surface area is 357 Å². The Balaban J connectivity index is 2.47. The number of aliphatic hydroxyl groups excluding tert-OH is 2. The highest BCUT2D eigenvalue weighted by molar-refractivity contribution is 7.47. The van der Waals surface area contributed by atoms with Crippen molar-refractivity contribution in [3.05, 3.63) is 36.5 Å². The van der Waals surface area contributed by atoms with E-state index in [-0.39, 0.29) is 50.1 Å². The molecule has 1 saturated carbocycles. The molecule has 0 aromatic heterocycles. The monoisotopic (exact) mass is 857 g/mol. The Morgan fingerprint density at radius 3 is 2.05 bits per heavy atom. The van der Waals surface area contributed by atoms with E-state index in [9.17, 15) is 34.1 Å². The third-order valence-corrected chi connectivity index (χ3v) is 11.5. The number of likely N-dealkylation sites (N-methyl/N-ethyl adjacent to an activating group) is 1. The number of rotatable bonds is 37. The van der Waals surface area contributed by atoms with Gasteiger partial charge in [-0.15, -0.1) is 0 Å². The maximum Gasteiger partial charge on any atom is 0.472 e. The van der Waals surface area contributed by atoms with Crippen molar-refractivity contribution < 1.29 is 57.1 Å². The number of nitrogens with zero attached hydrogens (tertiary/aromatic N) is 1. The average molecular weight is 857 g/mol. The van der Waals surface area contributed by atoms with Crippen LogP contribution >= 0.6 is 7.82 Å². The number of unbranched alkanes of at least 4 members (excludes halogenated alkanes) is 13. The zero-order valence-corrected chi connectivity index (χ0v) is 38.3. The molecule has 0 radical (unpaired) electrons. The van der Waals surface area contributed by atoms with Crippen molar-refractivity contribution in [1.82, 2.24) is 0 Å². The molecular weight excluding hydrogens is 773 g/mol. The largest absolute Gasteiger partial charge is 0.472 e. The lowest BCUT2D eigenvalue weighted by Gasteiger charge is -2.24. The third kappa shape index (κ3) is 30.5. The zero-order chi connectivity index (χ0) is 43.8. The smallest absolute Gasteiger partial charge is 0.462 e. The number of ether oxygens (including phenoxy) is 2. The van der Waals surface area contributed by atoms with Crippen molar-refractivity contribution >= 4 is 25.5 Å². The first kappa shape index (κ1) is 54.8. The Kier molecular flexibility index (Phi) is 31.1. The van der Waals surface area contributed by atoms with Gasteiger partial charge in [-0.1, -0.05) is 121 Å². The van der Waals surface area contributed by atoms with Crippen LogP contribution in [-0.4, -0.2) is 103 Å². The normalized spacial score (nSPS) is 19.5. The number of carbonyl (C=O) groups is 3. The second kappa shape index (κ2) is 33.4. The molecule has 1 rings (SSSR count). The summed E-state index contributed by atoms with van der Waals surface area (Å²) in [5.74, 6) is -1.49. The van der Waals surface area contributed by atoms with E-state index in [1.165, 1.54) is 19.3 Å². The SMILES string of the molecule is CCCCC/C=C\C/C=C\CCCCCCCC(=O)O[C@H](COC(=O)CCCCCC[C@H]1C(=O)C[C@@H](O)[C@@H]1/C=C/[C@@H](O)CCCCC)COP(=O)(O)OCC[N+](C)(C)C. The number of allylic oxidation sites excluding steroid dienone is 4. The fourth-order valence-corrected chi connectivity index (χ4v) is 7.62. The van der Waals surface area contributed by atoms with E-state index in [0.717, 1.165) is 83.5 Å². The van der Waals surface area contributed by atoms with Crippen molar-refractivity contribution in [2.45, 2.75) is 180 Å². The molecule has 0 saturated heterocycles. The van der Waals surface area contributed by atoms with Crippen LogP contribution in [0.4, 0.5) is 0 Å². The molecule has 1 unspecified atom stereocenters. The second-order valence-corrected chi connectivity index (χ2v) is 18.7. The summed E-state index contributed by atoms with van der Waals surface area (Å²) in [7, 11) is 1.33. The standard InChI is InChI=1S/C46H82NO11P/c1-6-8-10-11-12-13-14-15-16-17-18-19-20-21-27-31-46(52)58-40(38-57-59(53,54)56-35-34-47(3,4)5)37-55-45(51)30-26-23-22-25-29-41-42(44(50)36-43(41)49)33-32-39(48)28-24-9-7-2/h12-13,15-16,32-33,39-42,44,48,50H,6-11,14,17-31,34-38H2,1-5H3/p+1/b13-12-,16-15-,33-32+/t39-,40+,41+,42+,44+/m0/s1. The molecule has 1 fully saturated rings. The van der Waals surface area contributed by atoms with Crippen LogP contribution in [0, 0.1) is 11.8 Å². The molecule has 13 heteroatoms. The molecule has 59 heavy (non-hydrogen) atoms. The molecule has 0 aromatic carbocycles. The maximum atomic E-state index is 12.7. The summed E-state index contributed by atoms with van der Waals surface area (Å²) >= 11 is 0. The molecule has 1 aliphatic rings. The topological polar surface area (TPSA) is 166 Å². The predicted octanol–water partition coefficient (Wildman–Crippen LogP) is 9.50. The van der Waals surface area contributed by atoms with Gasteiger partial charge < -0.3 is 29.1 Å². The molecule has 3 N–H and O–H groups in total. The highest BCUT2D eigenvalue weighted by Gasteiger charge is 2.39. The van der Waals surface area contributed by atoms with Crippen molar-refractivity contribution in [2.24, 2.45) is 11.8 Å². The molecule has 0 aromatic rings. The molecule has 0 aliphatic heterocycles. The summed E-state index contributed by atoms with van der Waals surface area (Å²) in [5.41, 5.74) is 0. The highest BCUT2D eigenvalue weighted by atomic mass is 31.2. The van der Waals surface area contributed by atoms with E-state index in [1.807, 2.05) is 27.2 Å². The molecule has 0 bridgehead atoms. The van der Waals surface area contributed by atoms with Gasteiger partial charge in [0.05, 0.1) is 40.0 Å². The lowest BCUT2D eigenvalue weighted by Crippen LogP contribution is -2.37. The van der Waals surface area contributed by atoms with E-state index >= 15 is 0 Å². The lowest BCUT2D eigenvalue weighted by molar-refractivity contribution is -0.870. The molecular formula is C46H83NO11P+. The first-order valence-electron chi connectivity index (χ1n) is 22.8. The second-order valence-electron chi connectivity index (χ2n) is 17.2. The van der Waals surface area contributed by atoms with Gasteiger partial charge >= 0.3 is 19.8 Å². The number of aliphatic hydroxyl groups is 2. The number of esters is 2. The summed E-state index contributed by atoms with van der Waals surface area (Å²) < 4.78 is 34.3. The Morgan fingerprint density at radius 2 is 1.39 bits per heavy atom. The fourth-order valence-electron chi connectivity index (χ4n) is 6.88. The van der Waals surface area contributed by atoms with Crippen LogP contribution in [0.25, 0.3) is 0 Å². The minimum absolute atomic E-state index is 0.0105. The number of hydrogen-bond donors (Lipinski definition) is 3. The van der Waals surface area contributed by atoms with Gasteiger partial charge in [0, 0.05) is 31.1 Å². The highest BCUT2D eigenvalue weighted by Crippen LogP contribution is 2.43. The van der Waals surface area contributed by atoms with Crippen LogP contribution in [0.15, 0.2) is 36.5 Å². The van der Waals surface area contributed by atoms with Gasteiger partial charge in [-0.05, 0) is 57.8 Å². The van der Waals surface area contributed by atoms with E-state index in [2.05, 4.69) is 38.2 Å². The van der Waals surface area contributed by atoms with Gasteiger partial charge in [-0.3, -0.25) is 23.4 Å². The average Bonchev–Trinajstić information content (AvgIpc) is 3.44. The number of carbonyl (C=O) groups excluding carboxylic acids is 3. The minimum atomic E-state index is -4.44. The fraction of sp³-hybridized carbons (Fsp3) is 0.804. The van der Waals surface area contributed by atoms with Crippen molar-refractivity contribution in [1.29, 1.82) is 0 Å². The van der Waals surface area contributed by atoms with Gasteiger partial charge in [-0.25, -0.2) is 4.57 Å². The van der Waals surface area contributed by atoms with Gasteiger partial charge in [0.15, 0.2) is 6.10 Å². The van der Waals surface area contributed by atoms with E-state index in [1.54, 1.807) is 6.08 Å². The summed E-state index contributed by atoms with van der Waals surface area (Å²) in [5, 5.41) is 20.7. The molecule has 0 spiro atoms. The van der Waals surface area contributed by atoms with Crippen molar-refractivity contribution in [3.63, 3.8) is 0 Å². The number of quaternary nitrogens is 1. The number of phosphoric acid groups is 1. The summed E-state index contributed by atoms with van der Waals surface area (Å²) in [6, 6.07) is 0. The molecule has 6 atom stereocenters. The van der Waals surface area contributed by atoms with Gasteiger partial charge in [0.25, 0.3) is 0 Å². The molecule has 342 valence electrons. The number of ketones is 1. The number of Topliss-reactive ketones (excluding diaryl/α,β-unsaturated/α-hetero) is 1. The van der Waals surface area contributed by atoms with E-state index < -0.39 is 44.7 Å². The van der Waals surface area contributed by atoms with Crippen LogP contribution in [0.3, 0.4) is 0 Å². The Morgan fingerprint density at radius 1 is 0.797 bits per heavy atom.